The summed E-state index contributed by atoms with van der Waals surface area (Å²) < 4.78 is 12.1. The molecule has 0 unspecified atom stereocenters. The second-order valence-electron chi connectivity index (χ2n) is 10.8. The highest BCUT2D eigenvalue weighted by molar-refractivity contribution is 6.03. The lowest BCUT2D eigenvalue weighted by molar-refractivity contribution is 0.0181. The number of fused-ring (bicyclic) bond motifs is 6. The van der Waals surface area contributed by atoms with Crippen molar-refractivity contribution in [3.63, 3.8) is 0 Å². The van der Waals surface area contributed by atoms with Crippen molar-refractivity contribution in [2.45, 2.75) is 31.9 Å². The summed E-state index contributed by atoms with van der Waals surface area (Å²) in [5.74, 6) is 0.888. The van der Waals surface area contributed by atoms with Crippen molar-refractivity contribution in [1.29, 1.82) is 0 Å². The Hall–Kier alpha value is -4.20. The Balaban J connectivity index is 1.81. The average molecular weight is 501 g/mol. The second-order valence-corrected chi connectivity index (χ2v) is 10.8. The van der Waals surface area contributed by atoms with Crippen LogP contribution in [0.2, 0.25) is 0 Å². The number of rotatable bonds is 3. The van der Waals surface area contributed by atoms with E-state index >= 15 is 0 Å². The Bertz CT molecular complexity index is 1350. The standard InChI is InChI=1S/C29H32N4O4/c1-28(2,3)37-27(35)30-33-26(34)20-10-8-9-11-21(20)29(33)22-14-12-18(31(4)5)16-24(22)36-25-17-19(32(6)7)13-15-23(25)29/h8-17H,1-7H3,(H,30,35). The van der Waals surface area contributed by atoms with Crippen LogP contribution in [0, 0.1) is 0 Å². The largest absolute Gasteiger partial charge is 0.456 e. The van der Waals surface area contributed by atoms with Gasteiger partial charge in [0.05, 0.1) is 0 Å². The molecule has 5 rings (SSSR count). The lowest BCUT2D eigenvalue weighted by atomic mass is 9.75. The molecule has 0 aliphatic carbocycles. The van der Waals surface area contributed by atoms with E-state index in [9.17, 15) is 9.59 Å². The minimum atomic E-state index is -1.16. The van der Waals surface area contributed by atoms with E-state index in [1.807, 2.05) is 92.6 Å². The second kappa shape index (κ2) is 8.44. The van der Waals surface area contributed by atoms with Crippen LogP contribution in [0.1, 0.15) is 47.8 Å². The third kappa shape index (κ3) is 3.84. The van der Waals surface area contributed by atoms with Gasteiger partial charge in [0.1, 0.15) is 22.6 Å². The SMILES string of the molecule is CN(C)c1ccc2c(c1)Oc1cc(N(C)C)ccc1C21c2ccccc2C(=O)N1NC(=O)OC(C)(C)C. The molecule has 0 atom stereocenters. The van der Waals surface area contributed by atoms with Crippen molar-refractivity contribution < 1.29 is 19.1 Å². The van der Waals surface area contributed by atoms with Gasteiger partial charge in [-0.3, -0.25) is 4.79 Å². The van der Waals surface area contributed by atoms with Crippen LogP contribution >= 0.6 is 0 Å². The number of nitrogens with one attached hydrogen (secondary N) is 1. The first-order valence-electron chi connectivity index (χ1n) is 12.2. The molecule has 8 heteroatoms. The first-order chi connectivity index (χ1) is 17.4. The van der Waals surface area contributed by atoms with Gasteiger partial charge in [-0.2, -0.15) is 0 Å². The Kier molecular flexibility index (Phi) is 5.58. The highest BCUT2D eigenvalue weighted by Crippen LogP contribution is 2.57. The van der Waals surface area contributed by atoms with E-state index in [0.717, 1.165) is 28.1 Å². The summed E-state index contributed by atoms with van der Waals surface area (Å²) in [7, 11) is 7.85. The van der Waals surface area contributed by atoms with E-state index in [4.69, 9.17) is 9.47 Å². The molecule has 0 bridgehead atoms. The van der Waals surface area contributed by atoms with Gasteiger partial charge in [-0.25, -0.2) is 15.2 Å². The summed E-state index contributed by atoms with van der Waals surface area (Å²) in [6, 6.07) is 19.3. The molecule has 3 aromatic rings. The van der Waals surface area contributed by atoms with E-state index in [-0.39, 0.29) is 5.91 Å². The van der Waals surface area contributed by atoms with E-state index in [1.54, 1.807) is 26.8 Å². The number of ether oxygens (including phenoxy) is 2. The molecule has 8 nitrogen and oxygen atoms in total. The van der Waals surface area contributed by atoms with Crippen LogP contribution in [0.25, 0.3) is 0 Å². The molecule has 0 saturated heterocycles. The molecule has 192 valence electrons. The number of amides is 2. The van der Waals surface area contributed by atoms with Crippen LogP contribution in [-0.4, -0.2) is 50.8 Å². The van der Waals surface area contributed by atoms with E-state index in [0.29, 0.717) is 17.1 Å². The topological polar surface area (TPSA) is 74.4 Å². The molecule has 3 aromatic carbocycles. The molecule has 37 heavy (non-hydrogen) atoms. The maximum atomic E-state index is 13.9. The number of benzene rings is 3. The Morgan fingerprint density at radius 1 is 0.865 bits per heavy atom. The Morgan fingerprint density at radius 2 is 1.41 bits per heavy atom. The van der Waals surface area contributed by atoms with E-state index in [2.05, 4.69) is 5.43 Å². The highest BCUT2D eigenvalue weighted by Gasteiger charge is 2.57. The minimum absolute atomic E-state index is 0.325. The summed E-state index contributed by atoms with van der Waals surface area (Å²) in [4.78, 5) is 31.0. The van der Waals surface area contributed by atoms with Crippen LogP contribution in [0.5, 0.6) is 11.5 Å². The summed E-state index contributed by atoms with van der Waals surface area (Å²) in [5.41, 5.74) is 5.56. The molecular formula is C29H32N4O4. The monoisotopic (exact) mass is 500 g/mol. The molecule has 0 saturated carbocycles. The van der Waals surface area contributed by atoms with Crippen molar-refractivity contribution >= 4 is 23.4 Å². The van der Waals surface area contributed by atoms with E-state index < -0.39 is 17.2 Å². The number of hydrogen-bond acceptors (Lipinski definition) is 6. The fourth-order valence-electron chi connectivity index (χ4n) is 5.04. The quantitative estimate of drug-likeness (QED) is 0.539. The highest BCUT2D eigenvalue weighted by atomic mass is 16.6. The molecule has 2 heterocycles. The lowest BCUT2D eigenvalue weighted by Gasteiger charge is -2.44. The van der Waals surface area contributed by atoms with Gasteiger partial charge in [-0.1, -0.05) is 30.3 Å². The normalized spacial score (nSPS) is 14.9. The van der Waals surface area contributed by atoms with Gasteiger partial charge < -0.3 is 19.3 Å². The maximum Gasteiger partial charge on any atom is 0.426 e. The zero-order valence-corrected chi connectivity index (χ0v) is 22.2. The fourth-order valence-corrected chi connectivity index (χ4v) is 5.04. The maximum absolute atomic E-state index is 13.9. The van der Waals surface area contributed by atoms with Gasteiger partial charge in [0.25, 0.3) is 5.91 Å². The van der Waals surface area contributed by atoms with Gasteiger partial charge in [0, 0.05) is 74.0 Å². The van der Waals surface area contributed by atoms with Crippen LogP contribution < -0.4 is 20.0 Å². The number of carbonyl (C=O) groups is 2. The molecule has 0 aromatic heterocycles. The van der Waals surface area contributed by atoms with Crippen molar-refractivity contribution in [1.82, 2.24) is 10.4 Å². The summed E-state index contributed by atoms with van der Waals surface area (Å²) in [5, 5.41) is 1.40. The lowest BCUT2D eigenvalue weighted by Crippen LogP contribution is -2.56. The molecule has 0 radical (unpaired) electrons. The molecule has 2 aliphatic heterocycles. The minimum Gasteiger partial charge on any atom is -0.456 e. The first kappa shape index (κ1) is 24.5. The molecule has 2 amide bonds. The number of hydrazine groups is 1. The van der Waals surface area contributed by atoms with Gasteiger partial charge >= 0.3 is 6.09 Å². The first-order valence-corrected chi connectivity index (χ1v) is 12.2. The number of hydrogen-bond donors (Lipinski definition) is 1. The van der Waals surface area contributed by atoms with Gasteiger partial charge in [-0.15, -0.1) is 0 Å². The van der Waals surface area contributed by atoms with E-state index in [1.165, 1.54) is 5.01 Å². The van der Waals surface area contributed by atoms with Gasteiger partial charge in [0.2, 0.25) is 0 Å². The number of anilines is 2. The smallest absolute Gasteiger partial charge is 0.426 e. The van der Waals surface area contributed by atoms with Crippen LogP contribution in [0.3, 0.4) is 0 Å². The number of carbonyl (C=O) groups excluding carboxylic acids is 2. The average Bonchev–Trinajstić information content (AvgIpc) is 3.06. The molecule has 0 fully saturated rings. The molecular weight excluding hydrogens is 468 g/mol. The third-order valence-corrected chi connectivity index (χ3v) is 6.65. The predicted molar refractivity (Wildman–Crippen MR) is 143 cm³/mol. The van der Waals surface area contributed by atoms with Gasteiger partial charge in [-0.05, 0) is 39.0 Å². The molecule has 2 aliphatic rings. The van der Waals surface area contributed by atoms with Crippen LogP contribution in [0.15, 0.2) is 60.7 Å². The Morgan fingerprint density at radius 3 is 1.92 bits per heavy atom. The van der Waals surface area contributed by atoms with Crippen molar-refractivity contribution in [3.8, 4) is 11.5 Å². The number of nitrogens with zero attached hydrogens (tertiary/aromatic N) is 3. The summed E-state index contributed by atoms with van der Waals surface area (Å²) in [6.07, 6.45) is -0.711. The predicted octanol–water partition coefficient (Wildman–Crippen LogP) is 5.11. The fraction of sp³-hybridized carbons (Fsp3) is 0.310. The van der Waals surface area contributed by atoms with Crippen molar-refractivity contribution in [2.24, 2.45) is 0 Å². The van der Waals surface area contributed by atoms with Crippen molar-refractivity contribution in [3.05, 3.63) is 82.9 Å². The molecule has 1 N–H and O–H groups in total. The summed E-state index contributed by atoms with van der Waals surface area (Å²) in [6.45, 7) is 5.36. The Labute approximate surface area is 217 Å². The van der Waals surface area contributed by atoms with Crippen molar-refractivity contribution in [2.75, 3.05) is 38.0 Å². The van der Waals surface area contributed by atoms with Crippen LogP contribution in [-0.2, 0) is 10.3 Å². The zero-order valence-electron chi connectivity index (χ0n) is 22.2. The summed E-state index contributed by atoms with van der Waals surface area (Å²) >= 11 is 0. The molecule has 1 spiro atoms. The van der Waals surface area contributed by atoms with Gasteiger partial charge in [0.15, 0.2) is 0 Å². The van der Waals surface area contributed by atoms with Crippen LogP contribution in [0.4, 0.5) is 16.2 Å². The zero-order chi connectivity index (χ0) is 26.7. The third-order valence-electron chi connectivity index (χ3n) is 6.65.